The lowest BCUT2D eigenvalue weighted by atomic mass is 9.85. The van der Waals surface area contributed by atoms with Crippen molar-refractivity contribution in [3.8, 4) is 5.75 Å². The number of halogens is 4. The van der Waals surface area contributed by atoms with Gasteiger partial charge in [0.2, 0.25) is 0 Å². The average molecular weight is 426 g/mol. The largest absolute Gasteiger partial charge is 0.487 e. The SMILES string of the molecule is O=C(c1ccc(COc2ccc(C(F)(F)F)cc2Cl)cc1)N1CCC2(COC2)C1. The molecule has 2 aromatic carbocycles. The Labute approximate surface area is 171 Å². The van der Waals surface area contributed by atoms with Crippen LogP contribution in [0, 0.1) is 5.41 Å². The molecule has 0 atom stereocenters. The summed E-state index contributed by atoms with van der Waals surface area (Å²) in [6, 6.07) is 9.98. The molecule has 2 aromatic rings. The van der Waals surface area contributed by atoms with Crippen molar-refractivity contribution in [3.63, 3.8) is 0 Å². The van der Waals surface area contributed by atoms with Gasteiger partial charge in [0.15, 0.2) is 0 Å². The summed E-state index contributed by atoms with van der Waals surface area (Å²) in [6.07, 6.45) is -3.48. The van der Waals surface area contributed by atoms with E-state index in [1.807, 2.05) is 4.90 Å². The number of nitrogens with zero attached hydrogens (tertiary/aromatic N) is 1. The van der Waals surface area contributed by atoms with Crippen molar-refractivity contribution in [2.75, 3.05) is 26.3 Å². The van der Waals surface area contributed by atoms with Crippen LogP contribution in [0.15, 0.2) is 42.5 Å². The van der Waals surface area contributed by atoms with Crippen LogP contribution in [-0.2, 0) is 17.5 Å². The van der Waals surface area contributed by atoms with E-state index in [1.54, 1.807) is 24.3 Å². The number of amides is 1. The molecule has 2 saturated heterocycles. The number of hydrogen-bond acceptors (Lipinski definition) is 3. The minimum absolute atomic E-state index is 0.00738. The van der Waals surface area contributed by atoms with E-state index in [4.69, 9.17) is 21.1 Å². The highest BCUT2D eigenvalue weighted by atomic mass is 35.5. The van der Waals surface area contributed by atoms with Crippen molar-refractivity contribution >= 4 is 17.5 Å². The molecule has 29 heavy (non-hydrogen) atoms. The Balaban J connectivity index is 1.36. The Morgan fingerprint density at radius 2 is 1.90 bits per heavy atom. The Bertz CT molecular complexity index is 910. The van der Waals surface area contributed by atoms with E-state index in [9.17, 15) is 18.0 Å². The number of carbonyl (C=O) groups is 1. The number of ether oxygens (including phenoxy) is 2. The van der Waals surface area contributed by atoms with Crippen LogP contribution >= 0.6 is 11.6 Å². The molecule has 0 radical (unpaired) electrons. The van der Waals surface area contributed by atoms with Gasteiger partial charge in [-0.05, 0) is 42.3 Å². The second kappa shape index (κ2) is 7.54. The molecule has 0 aromatic heterocycles. The van der Waals surface area contributed by atoms with Gasteiger partial charge in [-0.15, -0.1) is 0 Å². The molecule has 154 valence electrons. The first kappa shape index (κ1) is 20.0. The fourth-order valence-electron chi connectivity index (χ4n) is 3.62. The number of hydrogen-bond donors (Lipinski definition) is 0. The van der Waals surface area contributed by atoms with E-state index in [0.717, 1.165) is 50.4 Å². The molecule has 2 aliphatic heterocycles. The molecule has 0 aliphatic carbocycles. The lowest BCUT2D eigenvalue weighted by Crippen LogP contribution is -2.45. The van der Waals surface area contributed by atoms with Crippen LogP contribution in [0.25, 0.3) is 0 Å². The van der Waals surface area contributed by atoms with Crippen molar-refractivity contribution in [2.24, 2.45) is 5.41 Å². The minimum Gasteiger partial charge on any atom is -0.487 e. The Morgan fingerprint density at radius 3 is 2.45 bits per heavy atom. The van der Waals surface area contributed by atoms with Gasteiger partial charge in [0, 0.05) is 24.1 Å². The number of alkyl halides is 3. The maximum Gasteiger partial charge on any atom is 0.416 e. The maximum absolute atomic E-state index is 12.7. The van der Waals surface area contributed by atoms with E-state index in [1.165, 1.54) is 6.07 Å². The highest BCUT2D eigenvalue weighted by molar-refractivity contribution is 6.32. The summed E-state index contributed by atoms with van der Waals surface area (Å²) in [5.74, 6) is 0.164. The molecule has 8 heteroatoms. The molecule has 2 fully saturated rings. The third kappa shape index (κ3) is 4.21. The normalized spacial score (nSPS) is 18.0. The van der Waals surface area contributed by atoms with Gasteiger partial charge in [0.25, 0.3) is 5.91 Å². The lowest BCUT2D eigenvalue weighted by Gasteiger charge is -2.37. The molecule has 4 nitrogen and oxygen atoms in total. The van der Waals surface area contributed by atoms with Crippen LogP contribution < -0.4 is 4.74 Å². The predicted molar refractivity (Wildman–Crippen MR) is 101 cm³/mol. The molecule has 0 unspecified atom stereocenters. The van der Waals surface area contributed by atoms with Crippen molar-refractivity contribution in [3.05, 3.63) is 64.2 Å². The zero-order valence-corrected chi connectivity index (χ0v) is 16.2. The average Bonchev–Trinajstić information content (AvgIpc) is 3.12. The van der Waals surface area contributed by atoms with Crippen molar-refractivity contribution in [2.45, 2.75) is 19.2 Å². The fraction of sp³-hybridized carbons (Fsp3) is 0.381. The third-order valence-electron chi connectivity index (χ3n) is 5.40. The van der Waals surface area contributed by atoms with Crippen LogP contribution in [0.3, 0.4) is 0 Å². The van der Waals surface area contributed by atoms with Gasteiger partial charge < -0.3 is 14.4 Å². The molecule has 2 aliphatic rings. The highest BCUT2D eigenvalue weighted by Gasteiger charge is 2.45. The van der Waals surface area contributed by atoms with Gasteiger partial charge in [0.05, 0.1) is 23.8 Å². The zero-order valence-electron chi connectivity index (χ0n) is 15.5. The topological polar surface area (TPSA) is 38.8 Å². The fourth-order valence-corrected chi connectivity index (χ4v) is 3.85. The molecule has 0 bridgehead atoms. The lowest BCUT2D eigenvalue weighted by molar-refractivity contribution is -0.137. The van der Waals surface area contributed by atoms with Crippen LogP contribution in [-0.4, -0.2) is 37.1 Å². The van der Waals surface area contributed by atoms with Crippen LogP contribution in [0.2, 0.25) is 5.02 Å². The number of likely N-dealkylation sites (tertiary alicyclic amines) is 1. The summed E-state index contributed by atoms with van der Waals surface area (Å²) >= 11 is 5.90. The van der Waals surface area contributed by atoms with Gasteiger partial charge >= 0.3 is 6.18 Å². The van der Waals surface area contributed by atoms with Gasteiger partial charge in [-0.3, -0.25) is 4.79 Å². The van der Waals surface area contributed by atoms with Gasteiger partial charge in [-0.1, -0.05) is 23.7 Å². The van der Waals surface area contributed by atoms with E-state index in [2.05, 4.69) is 0 Å². The molecule has 2 heterocycles. The van der Waals surface area contributed by atoms with E-state index >= 15 is 0 Å². The summed E-state index contributed by atoms with van der Waals surface area (Å²) in [7, 11) is 0. The summed E-state index contributed by atoms with van der Waals surface area (Å²) in [4.78, 5) is 14.5. The molecular weight excluding hydrogens is 407 g/mol. The van der Waals surface area contributed by atoms with Gasteiger partial charge in [-0.2, -0.15) is 13.2 Å². The molecule has 1 amide bonds. The van der Waals surface area contributed by atoms with E-state index in [-0.39, 0.29) is 28.7 Å². The molecular formula is C21H19ClF3NO3. The van der Waals surface area contributed by atoms with Crippen molar-refractivity contribution in [1.29, 1.82) is 0 Å². The monoisotopic (exact) mass is 425 g/mol. The predicted octanol–water partition coefficient (Wildman–Crippen LogP) is 4.80. The summed E-state index contributed by atoms with van der Waals surface area (Å²) < 4.78 is 48.9. The minimum atomic E-state index is -4.45. The van der Waals surface area contributed by atoms with E-state index in [0.29, 0.717) is 5.56 Å². The summed E-state index contributed by atoms with van der Waals surface area (Å²) in [5, 5.41) is -0.102. The second-order valence-electron chi connectivity index (χ2n) is 7.60. The summed E-state index contributed by atoms with van der Waals surface area (Å²) in [5.41, 5.74) is 0.695. The summed E-state index contributed by atoms with van der Waals surface area (Å²) in [6.45, 7) is 3.03. The zero-order chi connectivity index (χ0) is 20.6. The Hall–Kier alpha value is -2.25. The number of rotatable bonds is 4. The van der Waals surface area contributed by atoms with Gasteiger partial charge in [-0.25, -0.2) is 0 Å². The molecule has 4 rings (SSSR count). The quantitative estimate of drug-likeness (QED) is 0.706. The standard InChI is InChI=1S/C21H19ClF3NO3/c22-17-9-16(21(23,24)25)5-6-18(17)29-10-14-1-3-15(4-2-14)19(27)26-8-7-20(11-26)12-28-13-20/h1-6,9H,7-8,10-13H2. The van der Waals surface area contributed by atoms with Crippen LogP contribution in [0.5, 0.6) is 5.75 Å². The molecule has 0 N–H and O–H groups in total. The molecule has 1 spiro atoms. The van der Waals surface area contributed by atoms with Crippen molar-refractivity contribution < 1.29 is 27.4 Å². The smallest absolute Gasteiger partial charge is 0.416 e. The van der Waals surface area contributed by atoms with E-state index < -0.39 is 11.7 Å². The first-order valence-corrected chi connectivity index (χ1v) is 9.59. The maximum atomic E-state index is 12.7. The second-order valence-corrected chi connectivity index (χ2v) is 8.01. The Kier molecular flexibility index (Phi) is 5.21. The van der Waals surface area contributed by atoms with Crippen LogP contribution in [0.1, 0.15) is 27.9 Å². The molecule has 0 saturated carbocycles. The number of carbonyl (C=O) groups excluding carboxylic acids is 1. The first-order chi connectivity index (χ1) is 13.8. The third-order valence-corrected chi connectivity index (χ3v) is 5.69. The first-order valence-electron chi connectivity index (χ1n) is 9.21. The Morgan fingerprint density at radius 1 is 1.17 bits per heavy atom. The number of benzene rings is 2. The van der Waals surface area contributed by atoms with Crippen LogP contribution in [0.4, 0.5) is 13.2 Å². The van der Waals surface area contributed by atoms with Crippen molar-refractivity contribution in [1.82, 2.24) is 4.90 Å². The highest BCUT2D eigenvalue weighted by Crippen LogP contribution is 2.38. The van der Waals surface area contributed by atoms with Gasteiger partial charge in [0.1, 0.15) is 12.4 Å².